The summed E-state index contributed by atoms with van der Waals surface area (Å²) in [4.78, 5) is 17.1. The van der Waals surface area contributed by atoms with Crippen molar-refractivity contribution in [2.75, 3.05) is 18.5 Å². The van der Waals surface area contributed by atoms with E-state index >= 15 is 0 Å². The predicted octanol–water partition coefficient (Wildman–Crippen LogP) is 2.33. The van der Waals surface area contributed by atoms with Gasteiger partial charge in [-0.1, -0.05) is 0 Å². The first-order valence-electron chi connectivity index (χ1n) is 6.20. The number of ether oxygens (including phenoxy) is 1. The number of nitrogens with zero attached hydrogens (tertiary/aromatic N) is 2. The molecule has 0 aliphatic carbocycles. The first kappa shape index (κ1) is 17.1. The van der Waals surface area contributed by atoms with Crippen LogP contribution in [0.5, 0.6) is 5.75 Å². The van der Waals surface area contributed by atoms with Crippen molar-refractivity contribution in [3.8, 4) is 5.75 Å². The predicted molar refractivity (Wildman–Crippen MR) is 72.1 cm³/mol. The van der Waals surface area contributed by atoms with Crippen molar-refractivity contribution in [1.82, 2.24) is 10.3 Å². The van der Waals surface area contributed by atoms with Crippen molar-refractivity contribution in [3.05, 3.63) is 18.3 Å². The van der Waals surface area contributed by atoms with Gasteiger partial charge in [0.15, 0.2) is 0 Å². The van der Waals surface area contributed by atoms with E-state index in [-0.39, 0.29) is 18.0 Å². The van der Waals surface area contributed by atoms with Gasteiger partial charge in [-0.2, -0.15) is 0 Å². The number of anilines is 1. The Bertz CT molecular complexity index is 481. The number of nitrogens with one attached hydrogen (secondary N) is 1. The van der Waals surface area contributed by atoms with Crippen molar-refractivity contribution in [2.45, 2.75) is 32.7 Å². The summed E-state index contributed by atoms with van der Waals surface area (Å²) in [6.45, 7) is 5.61. The van der Waals surface area contributed by atoms with Crippen LogP contribution in [0.4, 0.5) is 19.0 Å². The Labute approximate surface area is 121 Å². The highest BCUT2D eigenvalue weighted by Crippen LogP contribution is 2.23. The van der Waals surface area contributed by atoms with Gasteiger partial charge in [-0.05, 0) is 32.9 Å². The summed E-state index contributed by atoms with van der Waals surface area (Å²) in [7, 11) is 1.62. The summed E-state index contributed by atoms with van der Waals surface area (Å²) in [5, 5.41) is 2.78. The highest BCUT2D eigenvalue weighted by molar-refractivity contribution is 5.81. The van der Waals surface area contributed by atoms with Crippen LogP contribution in [0, 0.1) is 0 Å². The van der Waals surface area contributed by atoms with Crippen LogP contribution in [0.3, 0.4) is 0 Å². The van der Waals surface area contributed by atoms with Crippen molar-refractivity contribution < 1.29 is 22.7 Å². The monoisotopic (exact) mass is 305 g/mol. The van der Waals surface area contributed by atoms with E-state index in [1.165, 1.54) is 11.0 Å². The number of hydrogen-bond donors (Lipinski definition) is 1. The molecule has 8 heteroatoms. The van der Waals surface area contributed by atoms with Crippen LogP contribution in [0.15, 0.2) is 18.3 Å². The van der Waals surface area contributed by atoms with Crippen molar-refractivity contribution in [3.63, 3.8) is 0 Å². The Balaban J connectivity index is 2.63. The third kappa shape index (κ3) is 6.82. The zero-order chi connectivity index (χ0) is 16.3. The molecule has 1 N–H and O–H groups in total. The average molecular weight is 305 g/mol. The summed E-state index contributed by atoms with van der Waals surface area (Å²) >= 11 is 0. The number of amides is 1. The van der Waals surface area contributed by atoms with Crippen LogP contribution >= 0.6 is 0 Å². The quantitative estimate of drug-likeness (QED) is 0.927. The van der Waals surface area contributed by atoms with E-state index in [0.717, 1.165) is 12.3 Å². The highest BCUT2D eigenvalue weighted by atomic mass is 19.4. The topological polar surface area (TPSA) is 54.5 Å². The molecule has 0 aromatic carbocycles. The number of halogens is 3. The van der Waals surface area contributed by atoms with Gasteiger partial charge in [0.05, 0.1) is 12.7 Å². The molecule has 1 rings (SSSR count). The molecule has 1 aromatic heterocycles. The van der Waals surface area contributed by atoms with Crippen molar-refractivity contribution in [2.24, 2.45) is 0 Å². The molecular weight excluding hydrogens is 287 g/mol. The minimum atomic E-state index is -4.75. The second-order valence-electron chi connectivity index (χ2n) is 5.55. The van der Waals surface area contributed by atoms with Crippen LogP contribution in [0.25, 0.3) is 0 Å². The fourth-order valence-electron chi connectivity index (χ4n) is 1.55. The molecule has 0 atom stereocenters. The molecule has 0 aliphatic heterocycles. The zero-order valence-corrected chi connectivity index (χ0v) is 12.3. The van der Waals surface area contributed by atoms with Gasteiger partial charge >= 0.3 is 6.36 Å². The standard InChI is InChI=1S/C13H18F3N3O2/c1-12(2,3)18-11(20)8-19(4)10-6-5-9(7-17-10)21-13(14,15)16/h5-7H,8H2,1-4H3,(H,18,20). The van der Waals surface area contributed by atoms with Crippen LogP contribution < -0.4 is 15.0 Å². The second-order valence-corrected chi connectivity index (χ2v) is 5.55. The normalized spacial score (nSPS) is 12.0. The van der Waals surface area contributed by atoms with Gasteiger partial charge < -0.3 is 15.0 Å². The van der Waals surface area contributed by atoms with Gasteiger partial charge in [-0.3, -0.25) is 4.79 Å². The lowest BCUT2D eigenvalue weighted by atomic mass is 10.1. The molecule has 5 nitrogen and oxygen atoms in total. The molecule has 0 unspecified atom stereocenters. The molecule has 1 aromatic rings. The number of pyridine rings is 1. The van der Waals surface area contributed by atoms with E-state index in [1.807, 2.05) is 20.8 Å². The van der Waals surface area contributed by atoms with Crippen LogP contribution in [0.1, 0.15) is 20.8 Å². The number of alkyl halides is 3. The maximum Gasteiger partial charge on any atom is 0.573 e. The molecular formula is C13H18F3N3O2. The van der Waals surface area contributed by atoms with Crippen LogP contribution in [-0.4, -0.2) is 36.4 Å². The second kappa shape index (κ2) is 6.19. The van der Waals surface area contributed by atoms with Gasteiger partial charge in [-0.25, -0.2) is 4.98 Å². The molecule has 0 fully saturated rings. The number of carbonyl (C=O) groups excluding carboxylic acids is 1. The Hall–Kier alpha value is -1.99. The number of aromatic nitrogens is 1. The number of rotatable bonds is 4. The highest BCUT2D eigenvalue weighted by Gasteiger charge is 2.31. The summed E-state index contributed by atoms with van der Waals surface area (Å²) < 4.78 is 39.8. The maximum absolute atomic E-state index is 12.0. The summed E-state index contributed by atoms with van der Waals surface area (Å²) in [5.41, 5.74) is -0.351. The molecule has 0 saturated carbocycles. The maximum atomic E-state index is 12.0. The Kier molecular flexibility index (Phi) is 5.03. The molecule has 0 spiro atoms. The summed E-state index contributed by atoms with van der Waals surface area (Å²) in [6.07, 6.45) is -3.79. The Morgan fingerprint density at radius 2 is 1.95 bits per heavy atom. The van der Waals surface area contributed by atoms with Crippen LogP contribution in [0.2, 0.25) is 0 Å². The van der Waals surface area contributed by atoms with E-state index in [4.69, 9.17) is 0 Å². The number of likely N-dealkylation sites (N-methyl/N-ethyl adjacent to an activating group) is 1. The molecule has 0 bridgehead atoms. The van der Waals surface area contributed by atoms with Gasteiger partial charge in [-0.15, -0.1) is 13.2 Å². The molecule has 0 radical (unpaired) electrons. The van der Waals surface area contributed by atoms with E-state index < -0.39 is 12.1 Å². The first-order valence-corrected chi connectivity index (χ1v) is 6.20. The third-order valence-corrected chi connectivity index (χ3v) is 2.24. The summed E-state index contributed by atoms with van der Waals surface area (Å²) in [5.74, 6) is -0.241. The molecule has 21 heavy (non-hydrogen) atoms. The Morgan fingerprint density at radius 3 is 2.38 bits per heavy atom. The molecule has 1 amide bonds. The zero-order valence-electron chi connectivity index (χ0n) is 12.3. The SMILES string of the molecule is CN(CC(=O)NC(C)(C)C)c1ccc(OC(F)(F)F)cn1. The van der Waals surface area contributed by atoms with Gasteiger partial charge in [0.1, 0.15) is 11.6 Å². The minimum absolute atomic E-state index is 0.0454. The fourth-order valence-corrected chi connectivity index (χ4v) is 1.55. The lowest BCUT2D eigenvalue weighted by Gasteiger charge is -2.23. The van der Waals surface area contributed by atoms with Crippen LogP contribution in [-0.2, 0) is 4.79 Å². The van der Waals surface area contributed by atoms with E-state index in [2.05, 4.69) is 15.0 Å². The number of carbonyl (C=O) groups is 1. The smallest absolute Gasteiger partial charge is 0.404 e. The molecule has 0 saturated heterocycles. The summed E-state index contributed by atoms with van der Waals surface area (Å²) in [6, 6.07) is 2.50. The van der Waals surface area contributed by atoms with Crippen molar-refractivity contribution >= 4 is 11.7 Å². The average Bonchev–Trinajstić information content (AvgIpc) is 2.24. The van der Waals surface area contributed by atoms with E-state index in [1.54, 1.807) is 7.05 Å². The first-order chi connectivity index (χ1) is 9.46. The van der Waals surface area contributed by atoms with E-state index in [0.29, 0.717) is 5.82 Å². The number of hydrogen-bond acceptors (Lipinski definition) is 4. The molecule has 118 valence electrons. The third-order valence-electron chi connectivity index (χ3n) is 2.24. The lowest BCUT2D eigenvalue weighted by molar-refractivity contribution is -0.274. The van der Waals surface area contributed by atoms with Gasteiger partial charge in [0.25, 0.3) is 0 Å². The molecule has 0 aliphatic rings. The lowest BCUT2D eigenvalue weighted by Crippen LogP contribution is -2.45. The largest absolute Gasteiger partial charge is 0.573 e. The van der Waals surface area contributed by atoms with Crippen molar-refractivity contribution in [1.29, 1.82) is 0 Å². The van der Waals surface area contributed by atoms with Gasteiger partial charge in [0.2, 0.25) is 5.91 Å². The van der Waals surface area contributed by atoms with Gasteiger partial charge in [0, 0.05) is 12.6 Å². The Morgan fingerprint density at radius 1 is 1.33 bits per heavy atom. The fraction of sp³-hybridized carbons (Fsp3) is 0.538. The van der Waals surface area contributed by atoms with E-state index in [9.17, 15) is 18.0 Å². The minimum Gasteiger partial charge on any atom is -0.404 e. The molecule has 1 heterocycles.